The van der Waals surface area contributed by atoms with Crippen LogP contribution in [0.4, 0.5) is 0 Å². The number of rotatable bonds is 7. The minimum Gasteiger partial charge on any atom is -0.499 e. The molecule has 1 saturated heterocycles. The predicted molar refractivity (Wildman–Crippen MR) is 98.2 cm³/mol. The Labute approximate surface area is 144 Å². The maximum Gasteiger partial charge on any atom is 0.105 e. The van der Waals surface area contributed by atoms with Gasteiger partial charge in [0.05, 0.1) is 26.0 Å². The lowest BCUT2D eigenvalue weighted by Crippen LogP contribution is -2.37. The molecule has 1 fully saturated rings. The van der Waals surface area contributed by atoms with Crippen molar-refractivity contribution >= 4 is 10.9 Å². The molecule has 0 unspecified atom stereocenters. The van der Waals surface area contributed by atoms with Gasteiger partial charge in [0.25, 0.3) is 0 Å². The molecule has 128 valence electrons. The lowest BCUT2D eigenvalue weighted by molar-refractivity contribution is 0.0426. The molecule has 0 spiro atoms. The molecule has 1 aromatic carbocycles. The maximum absolute atomic E-state index is 5.64. The van der Waals surface area contributed by atoms with E-state index in [-0.39, 0.29) is 0 Å². The van der Waals surface area contributed by atoms with Crippen molar-refractivity contribution in [2.75, 3.05) is 39.5 Å². The Kier molecular flexibility index (Phi) is 5.72. The Morgan fingerprint density at radius 2 is 2.12 bits per heavy atom. The molecule has 1 aliphatic heterocycles. The number of ether oxygens (including phenoxy) is 2. The fourth-order valence-electron chi connectivity index (χ4n) is 2.95. The van der Waals surface area contributed by atoms with E-state index in [1.165, 1.54) is 16.5 Å². The van der Waals surface area contributed by atoms with Crippen LogP contribution in [0, 0.1) is 6.92 Å². The van der Waals surface area contributed by atoms with Gasteiger partial charge in [-0.05, 0) is 41.7 Å². The molecule has 0 N–H and O–H groups in total. The monoisotopic (exact) mass is 326 g/mol. The van der Waals surface area contributed by atoms with Crippen molar-refractivity contribution in [2.24, 2.45) is 0 Å². The van der Waals surface area contributed by atoms with Crippen molar-refractivity contribution in [3.63, 3.8) is 0 Å². The highest BCUT2D eigenvalue weighted by molar-refractivity contribution is 5.80. The largest absolute Gasteiger partial charge is 0.499 e. The van der Waals surface area contributed by atoms with Crippen LogP contribution in [0.25, 0.3) is 10.9 Å². The first-order valence-electron chi connectivity index (χ1n) is 8.54. The Balaban J connectivity index is 1.42. The number of hydrogen-bond donors (Lipinski definition) is 0. The summed E-state index contributed by atoms with van der Waals surface area (Å²) >= 11 is 0. The van der Waals surface area contributed by atoms with Gasteiger partial charge in [-0.15, -0.1) is 0 Å². The number of nitrogens with zero attached hydrogens (tertiary/aromatic N) is 2. The summed E-state index contributed by atoms with van der Waals surface area (Å²) in [5, 5.41) is 1.27. The molecule has 0 bridgehead atoms. The van der Waals surface area contributed by atoms with Crippen molar-refractivity contribution in [3.8, 4) is 0 Å². The number of benzene rings is 1. The number of morpholine rings is 1. The molecular weight excluding hydrogens is 300 g/mol. The summed E-state index contributed by atoms with van der Waals surface area (Å²) in [5.74, 6) is 0. The van der Waals surface area contributed by atoms with Crippen molar-refractivity contribution in [2.45, 2.75) is 13.5 Å². The van der Waals surface area contributed by atoms with Gasteiger partial charge >= 0.3 is 0 Å². The molecule has 0 amide bonds. The van der Waals surface area contributed by atoms with E-state index < -0.39 is 0 Å². The number of aromatic nitrogens is 1. The third-order valence-corrected chi connectivity index (χ3v) is 4.31. The Morgan fingerprint density at radius 3 is 2.96 bits per heavy atom. The van der Waals surface area contributed by atoms with Crippen LogP contribution < -0.4 is 0 Å². The number of aryl methyl sites for hydroxylation is 1. The average Bonchev–Trinajstić information content (AvgIpc) is 2.98. The second-order valence-electron chi connectivity index (χ2n) is 6.29. The van der Waals surface area contributed by atoms with E-state index in [1.807, 2.05) is 6.08 Å². The predicted octanol–water partition coefficient (Wildman–Crippen LogP) is 3.37. The Morgan fingerprint density at radius 1 is 1.29 bits per heavy atom. The van der Waals surface area contributed by atoms with E-state index >= 15 is 0 Å². The fourth-order valence-corrected chi connectivity index (χ4v) is 2.95. The second kappa shape index (κ2) is 8.18. The first kappa shape index (κ1) is 16.8. The van der Waals surface area contributed by atoms with Crippen LogP contribution >= 0.6 is 0 Å². The summed E-state index contributed by atoms with van der Waals surface area (Å²) < 4.78 is 13.2. The molecular formula is C20H26N2O2. The topological polar surface area (TPSA) is 26.6 Å². The lowest BCUT2D eigenvalue weighted by atomic mass is 10.2. The maximum atomic E-state index is 5.64. The van der Waals surface area contributed by atoms with Crippen molar-refractivity contribution in [1.29, 1.82) is 0 Å². The van der Waals surface area contributed by atoms with Crippen LogP contribution in [0.2, 0.25) is 0 Å². The highest BCUT2D eigenvalue weighted by Gasteiger charge is 2.09. The standard InChI is InChI=1S/C20H26N2O2/c1-17-3-4-19-5-7-22(20(19)15-17)10-14-23-11-6-18(2)16-21-8-12-24-13-9-21/h3-7,11,15H,2,8-10,12-14,16H2,1H3/b11-6+. The quantitative estimate of drug-likeness (QED) is 0.443. The summed E-state index contributed by atoms with van der Waals surface area (Å²) in [4.78, 5) is 2.35. The molecule has 2 aromatic rings. The molecule has 0 saturated carbocycles. The number of hydrogen-bond acceptors (Lipinski definition) is 3. The second-order valence-corrected chi connectivity index (χ2v) is 6.29. The Bertz CT molecular complexity index is 711. The van der Waals surface area contributed by atoms with Gasteiger partial charge in [-0.25, -0.2) is 0 Å². The molecule has 1 aliphatic rings. The van der Waals surface area contributed by atoms with Gasteiger partial charge in [0.15, 0.2) is 0 Å². The molecule has 24 heavy (non-hydrogen) atoms. The van der Waals surface area contributed by atoms with Gasteiger partial charge in [-0.1, -0.05) is 18.7 Å². The van der Waals surface area contributed by atoms with Crippen LogP contribution in [0.3, 0.4) is 0 Å². The van der Waals surface area contributed by atoms with Crippen molar-refractivity contribution in [1.82, 2.24) is 9.47 Å². The molecule has 0 radical (unpaired) electrons. The van der Waals surface area contributed by atoms with Crippen molar-refractivity contribution < 1.29 is 9.47 Å². The fraction of sp³-hybridized carbons (Fsp3) is 0.400. The third-order valence-electron chi connectivity index (χ3n) is 4.31. The summed E-state index contributed by atoms with van der Waals surface area (Å²) in [5.41, 5.74) is 3.61. The van der Waals surface area contributed by atoms with Gasteiger partial charge in [-0.2, -0.15) is 0 Å². The lowest BCUT2D eigenvalue weighted by Gasteiger charge is -2.26. The molecule has 4 heteroatoms. The van der Waals surface area contributed by atoms with Gasteiger partial charge in [0, 0.05) is 31.3 Å². The molecule has 2 heterocycles. The highest BCUT2D eigenvalue weighted by atomic mass is 16.5. The molecule has 0 atom stereocenters. The van der Waals surface area contributed by atoms with Crippen LogP contribution in [-0.4, -0.2) is 48.9 Å². The summed E-state index contributed by atoms with van der Waals surface area (Å²) in [6, 6.07) is 8.67. The van der Waals surface area contributed by atoms with Gasteiger partial charge in [0.1, 0.15) is 6.61 Å². The van der Waals surface area contributed by atoms with E-state index in [9.17, 15) is 0 Å². The normalized spacial score (nSPS) is 16.0. The smallest absolute Gasteiger partial charge is 0.105 e. The van der Waals surface area contributed by atoms with Gasteiger partial charge < -0.3 is 14.0 Å². The summed E-state index contributed by atoms with van der Waals surface area (Å²) in [6.45, 7) is 12.2. The van der Waals surface area contributed by atoms with E-state index in [0.717, 1.165) is 45.0 Å². The van der Waals surface area contributed by atoms with E-state index in [0.29, 0.717) is 6.61 Å². The van der Waals surface area contributed by atoms with Crippen molar-refractivity contribution in [3.05, 3.63) is 60.5 Å². The van der Waals surface area contributed by atoms with Crippen LogP contribution in [0.5, 0.6) is 0 Å². The summed E-state index contributed by atoms with van der Waals surface area (Å²) in [7, 11) is 0. The zero-order valence-corrected chi connectivity index (χ0v) is 14.4. The van der Waals surface area contributed by atoms with E-state index in [2.05, 4.69) is 53.4 Å². The van der Waals surface area contributed by atoms with Crippen LogP contribution in [0.1, 0.15) is 5.56 Å². The highest BCUT2D eigenvalue weighted by Crippen LogP contribution is 2.17. The zero-order valence-electron chi connectivity index (χ0n) is 14.4. The first-order valence-corrected chi connectivity index (χ1v) is 8.54. The minimum absolute atomic E-state index is 0.652. The minimum atomic E-state index is 0.652. The van der Waals surface area contributed by atoms with Crippen LogP contribution in [0.15, 0.2) is 55.0 Å². The van der Waals surface area contributed by atoms with Gasteiger partial charge in [0.2, 0.25) is 0 Å². The van der Waals surface area contributed by atoms with E-state index in [4.69, 9.17) is 9.47 Å². The third kappa shape index (κ3) is 4.49. The molecule has 4 nitrogen and oxygen atoms in total. The Hall–Kier alpha value is -2.04. The SMILES string of the molecule is C=C(/C=C/OCCn1ccc2ccc(C)cc21)CN1CCOCC1. The first-order chi connectivity index (χ1) is 11.7. The zero-order chi connectivity index (χ0) is 16.8. The average molecular weight is 326 g/mol. The molecule has 0 aliphatic carbocycles. The van der Waals surface area contributed by atoms with E-state index in [1.54, 1.807) is 6.26 Å². The number of fused-ring (bicyclic) bond motifs is 1. The molecule has 3 rings (SSSR count). The summed E-state index contributed by atoms with van der Waals surface area (Å²) in [6.07, 6.45) is 5.85. The van der Waals surface area contributed by atoms with Gasteiger partial charge in [-0.3, -0.25) is 4.90 Å². The molecule has 1 aromatic heterocycles. The van der Waals surface area contributed by atoms with Crippen LogP contribution in [-0.2, 0) is 16.0 Å².